The van der Waals surface area contributed by atoms with Crippen molar-refractivity contribution in [1.29, 1.82) is 0 Å². The summed E-state index contributed by atoms with van der Waals surface area (Å²) in [6.45, 7) is 2.93. The number of H-pyrrole nitrogens is 1. The molecule has 3 aromatic rings. The molecule has 1 atom stereocenters. The van der Waals surface area contributed by atoms with E-state index in [-0.39, 0.29) is 6.10 Å². The Labute approximate surface area is 116 Å². The third kappa shape index (κ3) is 2.59. The van der Waals surface area contributed by atoms with Gasteiger partial charge in [0.25, 0.3) is 0 Å². The van der Waals surface area contributed by atoms with E-state index in [9.17, 15) is 5.11 Å². The van der Waals surface area contributed by atoms with Crippen LogP contribution < -0.4 is 5.32 Å². The second kappa shape index (κ2) is 5.48. The molecule has 1 aromatic carbocycles. The minimum absolute atomic E-state index is 0.364. The van der Waals surface area contributed by atoms with Crippen LogP contribution in [0.4, 0.5) is 0 Å². The minimum atomic E-state index is -0.364. The molecule has 104 valence electrons. The Morgan fingerprint density at radius 1 is 1.40 bits per heavy atom. The first-order valence-electron chi connectivity index (χ1n) is 6.64. The topological polar surface area (TPSA) is 74.1 Å². The van der Waals surface area contributed by atoms with Crippen molar-refractivity contribution in [1.82, 2.24) is 15.5 Å². The second-order valence-electron chi connectivity index (χ2n) is 4.90. The Morgan fingerprint density at radius 3 is 3.05 bits per heavy atom. The van der Waals surface area contributed by atoms with E-state index in [0.717, 1.165) is 28.0 Å². The molecule has 0 bridgehead atoms. The van der Waals surface area contributed by atoms with Crippen molar-refractivity contribution >= 4 is 11.0 Å². The SMILES string of the molecule is C[C@@H](O)CNCc1cn[nH]c1-c1cc2ccccc2o1. The molecule has 0 amide bonds. The number of aromatic nitrogens is 2. The van der Waals surface area contributed by atoms with Gasteiger partial charge in [0.2, 0.25) is 0 Å². The van der Waals surface area contributed by atoms with Gasteiger partial charge in [0.05, 0.1) is 12.3 Å². The quantitative estimate of drug-likeness (QED) is 0.665. The van der Waals surface area contributed by atoms with Crippen LogP contribution in [0.5, 0.6) is 0 Å². The summed E-state index contributed by atoms with van der Waals surface area (Å²) in [5.74, 6) is 0.776. The van der Waals surface area contributed by atoms with E-state index in [1.807, 2.05) is 30.3 Å². The third-order valence-electron chi connectivity index (χ3n) is 3.14. The third-order valence-corrected chi connectivity index (χ3v) is 3.14. The van der Waals surface area contributed by atoms with Gasteiger partial charge in [-0.3, -0.25) is 5.10 Å². The highest BCUT2D eigenvalue weighted by atomic mass is 16.3. The molecule has 20 heavy (non-hydrogen) atoms. The van der Waals surface area contributed by atoms with Crippen LogP contribution in [0.3, 0.4) is 0 Å². The number of aliphatic hydroxyl groups is 1. The van der Waals surface area contributed by atoms with Gasteiger partial charge < -0.3 is 14.8 Å². The summed E-state index contributed by atoms with van der Waals surface area (Å²) in [7, 11) is 0. The van der Waals surface area contributed by atoms with E-state index in [0.29, 0.717) is 13.1 Å². The molecule has 0 spiro atoms. The molecule has 0 saturated carbocycles. The first-order chi connectivity index (χ1) is 9.74. The molecule has 0 fully saturated rings. The van der Waals surface area contributed by atoms with E-state index in [4.69, 9.17) is 4.42 Å². The Bertz CT molecular complexity index is 667. The Hall–Kier alpha value is -2.11. The van der Waals surface area contributed by atoms with E-state index in [2.05, 4.69) is 15.5 Å². The van der Waals surface area contributed by atoms with Gasteiger partial charge in [-0.05, 0) is 19.1 Å². The molecular formula is C15H17N3O2. The highest BCUT2D eigenvalue weighted by molar-refractivity contribution is 5.82. The number of nitrogens with one attached hydrogen (secondary N) is 2. The lowest BCUT2D eigenvalue weighted by Crippen LogP contribution is -2.23. The highest BCUT2D eigenvalue weighted by Crippen LogP contribution is 2.28. The van der Waals surface area contributed by atoms with Crippen LogP contribution in [0.2, 0.25) is 0 Å². The average molecular weight is 271 g/mol. The summed E-state index contributed by atoms with van der Waals surface area (Å²) in [4.78, 5) is 0. The van der Waals surface area contributed by atoms with E-state index >= 15 is 0 Å². The van der Waals surface area contributed by atoms with Crippen LogP contribution in [0.15, 0.2) is 40.9 Å². The van der Waals surface area contributed by atoms with Crippen molar-refractivity contribution in [3.63, 3.8) is 0 Å². The van der Waals surface area contributed by atoms with Gasteiger partial charge in [0.1, 0.15) is 11.3 Å². The maximum absolute atomic E-state index is 9.26. The zero-order valence-electron chi connectivity index (χ0n) is 11.3. The monoisotopic (exact) mass is 271 g/mol. The summed E-state index contributed by atoms with van der Waals surface area (Å²) in [6.07, 6.45) is 1.41. The number of para-hydroxylation sites is 1. The average Bonchev–Trinajstić information content (AvgIpc) is 3.03. The lowest BCUT2D eigenvalue weighted by atomic mass is 10.2. The lowest BCUT2D eigenvalue weighted by Gasteiger charge is -2.06. The zero-order valence-corrected chi connectivity index (χ0v) is 11.3. The van der Waals surface area contributed by atoms with Crippen LogP contribution in [0.1, 0.15) is 12.5 Å². The van der Waals surface area contributed by atoms with Crippen LogP contribution in [-0.4, -0.2) is 28.0 Å². The largest absolute Gasteiger partial charge is 0.454 e. The number of hydrogen-bond acceptors (Lipinski definition) is 4. The standard InChI is InChI=1S/C15H17N3O2/c1-10(19)7-16-8-12-9-17-18-15(12)14-6-11-4-2-3-5-13(11)20-14/h2-6,9-10,16,19H,7-8H2,1H3,(H,17,18)/t10-/m1/s1. The van der Waals surface area contributed by atoms with Crippen molar-refractivity contribution in [2.75, 3.05) is 6.54 Å². The van der Waals surface area contributed by atoms with Gasteiger partial charge >= 0.3 is 0 Å². The Kier molecular flexibility index (Phi) is 3.54. The molecule has 2 heterocycles. The first-order valence-corrected chi connectivity index (χ1v) is 6.64. The summed E-state index contributed by atoms with van der Waals surface area (Å²) in [5, 5.41) is 20.6. The van der Waals surface area contributed by atoms with Crippen molar-refractivity contribution < 1.29 is 9.52 Å². The zero-order chi connectivity index (χ0) is 13.9. The molecule has 5 nitrogen and oxygen atoms in total. The number of fused-ring (bicyclic) bond motifs is 1. The molecule has 0 unspecified atom stereocenters. The fourth-order valence-electron chi connectivity index (χ4n) is 2.18. The second-order valence-corrected chi connectivity index (χ2v) is 4.90. The van der Waals surface area contributed by atoms with Gasteiger partial charge in [0.15, 0.2) is 5.76 Å². The Balaban J connectivity index is 1.85. The van der Waals surface area contributed by atoms with Gasteiger partial charge in [-0.1, -0.05) is 18.2 Å². The summed E-state index contributed by atoms with van der Waals surface area (Å²) in [6, 6.07) is 9.90. The maximum Gasteiger partial charge on any atom is 0.153 e. The fraction of sp³-hybridized carbons (Fsp3) is 0.267. The molecule has 3 rings (SSSR count). The van der Waals surface area contributed by atoms with E-state index in [1.165, 1.54) is 0 Å². The van der Waals surface area contributed by atoms with Crippen LogP contribution in [0.25, 0.3) is 22.4 Å². The molecular weight excluding hydrogens is 254 g/mol. The van der Waals surface area contributed by atoms with Crippen LogP contribution >= 0.6 is 0 Å². The predicted molar refractivity (Wildman–Crippen MR) is 77.2 cm³/mol. The number of aromatic amines is 1. The highest BCUT2D eigenvalue weighted by Gasteiger charge is 2.12. The molecule has 0 aliphatic rings. The molecule has 3 N–H and O–H groups in total. The van der Waals surface area contributed by atoms with E-state index < -0.39 is 0 Å². The number of nitrogens with zero attached hydrogens (tertiary/aromatic N) is 1. The van der Waals surface area contributed by atoms with Gasteiger partial charge in [-0.25, -0.2) is 0 Å². The molecule has 0 saturated heterocycles. The molecule has 0 radical (unpaired) electrons. The number of rotatable bonds is 5. The first kappa shape index (κ1) is 12.9. The van der Waals surface area contributed by atoms with Gasteiger partial charge in [-0.2, -0.15) is 5.10 Å². The summed E-state index contributed by atoms with van der Waals surface area (Å²) >= 11 is 0. The molecule has 0 aliphatic heterocycles. The van der Waals surface area contributed by atoms with Crippen LogP contribution in [0, 0.1) is 0 Å². The predicted octanol–water partition coefficient (Wildman–Crippen LogP) is 2.29. The smallest absolute Gasteiger partial charge is 0.153 e. The number of benzene rings is 1. The van der Waals surface area contributed by atoms with Gasteiger partial charge in [0, 0.05) is 24.0 Å². The van der Waals surface area contributed by atoms with Crippen molar-refractivity contribution in [3.05, 3.63) is 42.1 Å². The lowest BCUT2D eigenvalue weighted by molar-refractivity contribution is 0.191. The van der Waals surface area contributed by atoms with E-state index in [1.54, 1.807) is 13.1 Å². The fourth-order valence-corrected chi connectivity index (χ4v) is 2.18. The van der Waals surface area contributed by atoms with Crippen LogP contribution in [-0.2, 0) is 6.54 Å². The van der Waals surface area contributed by atoms with Crippen molar-refractivity contribution in [3.8, 4) is 11.5 Å². The van der Waals surface area contributed by atoms with Gasteiger partial charge in [-0.15, -0.1) is 0 Å². The van der Waals surface area contributed by atoms with Crippen molar-refractivity contribution in [2.45, 2.75) is 19.6 Å². The number of hydrogen-bond donors (Lipinski definition) is 3. The normalized spacial score (nSPS) is 12.9. The molecule has 5 heteroatoms. The maximum atomic E-state index is 9.26. The summed E-state index contributed by atoms with van der Waals surface area (Å²) in [5.41, 5.74) is 2.75. The van der Waals surface area contributed by atoms with Crippen molar-refractivity contribution in [2.24, 2.45) is 0 Å². The number of aliphatic hydroxyl groups excluding tert-OH is 1. The molecule has 2 aromatic heterocycles. The molecule has 0 aliphatic carbocycles. The summed E-state index contributed by atoms with van der Waals surface area (Å²) < 4.78 is 5.83. The minimum Gasteiger partial charge on any atom is -0.454 e. The number of furan rings is 1. The Morgan fingerprint density at radius 2 is 2.25 bits per heavy atom.